The quantitative estimate of drug-likeness (QED) is 0.760. The molecule has 8 heteroatoms. The molecule has 0 bridgehead atoms. The molecule has 136 valence electrons. The number of para-hydroxylation sites is 1. The van der Waals surface area contributed by atoms with E-state index in [1.807, 2.05) is 0 Å². The second-order valence-electron chi connectivity index (χ2n) is 5.82. The van der Waals surface area contributed by atoms with Gasteiger partial charge in [-0.15, -0.1) is 0 Å². The highest BCUT2D eigenvalue weighted by atomic mass is 19.3. The molecule has 2 aromatic heterocycles. The third-order valence-electron chi connectivity index (χ3n) is 4.23. The van der Waals surface area contributed by atoms with E-state index in [0.717, 1.165) is 6.20 Å². The average molecular weight is 369 g/mol. The number of anilines is 1. The summed E-state index contributed by atoms with van der Waals surface area (Å²) in [7, 11) is 0. The van der Waals surface area contributed by atoms with Crippen molar-refractivity contribution in [2.75, 3.05) is 4.90 Å². The first-order valence-electron chi connectivity index (χ1n) is 8.03. The van der Waals surface area contributed by atoms with E-state index in [4.69, 9.17) is 0 Å². The first-order chi connectivity index (χ1) is 13.0. The number of halogens is 2. The van der Waals surface area contributed by atoms with Gasteiger partial charge in [0.1, 0.15) is 17.3 Å². The van der Waals surface area contributed by atoms with Crippen molar-refractivity contribution in [2.45, 2.75) is 13.2 Å². The van der Waals surface area contributed by atoms with Crippen molar-refractivity contribution in [2.24, 2.45) is 0 Å². The Hall–Kier alpha value is -3.55. The zero-order valence-corrected chi connectivity index (χ0v) is 13.8. The maximum Gasteiger partial charge on any atom is 0.387 e. The van der Waals surface area contributed by atoms with E-state index in [1.54, 1.807) is 30.3 Å². The lowest BCUT2D eigenvalue weighted by molar-refractivity contribution is -0.0500. The molecule has 27 heavy (non-hydrogen) atoms. The number of aromatic nitrogens is 2. The number of phenols is 1. The largest absolute Gasteiger partial charge is 0.507 e. The summed E-state index contributed by atoms with van der Waals surface area (Å²) in [6, 6.07) is 11.1. The van der Waals surface area contributed by atoms with Crippen LogP contribution < -0.4 is 9.64 Å². The van der Waals surface area contributed by atoms with Crippen LogP contribution in [0.4, 0.5) is 14.6 Å². The topological polar surface area (TPSA) is 75.5 Å². The van der Waals surface area contributed by atoms with Crippen molar-refractivity contribution >= 4 is 11.7 Å². The van der Waals surface area contributed by atoms with Gasteiger partial charge in [0.05, 0.1) is 18.4 Å². The molecule has 0 radical (unpaired) electrons. The Labute approximate surface area is 152 Å². The van der Waals surface area contributed by atoms with Crippen LogP contribution >= 0.6 is 0 Å². The predicted octanol–water partition coefficient (Wildman–Crippen LogP) is 3.61. The maximum absolute atomic E-state index is 12.8. The van der Waals surface area contributed by atoms with Crippen LogP contribution in [0.5, 0.6) is 11.5 Å². The van der Waals surface area contributed by atoms with Crippen LogP contribution in [0.1, 0.15) is 15.9 Å². The molecule has 0 spiro atoms. The van der Waals surface area contributed by atoms with Crippen molar-refractivity contribution in [3.63, 3.8) is 0 Å². The van der Waals surface area contributed by atoms with Crippen molar-refractivity contribution in [3.8, 4) is 22.8 Å². The molecule has 1 aromatic carbocycles. The van der Waals surface area contributed by atoms with Crippen LogP contribution in [0.3, 0.4) is 0 Å². The molecule has 1 aliphatic heterocycles. The smallest absolute Gasteiger partial charge is 0.387 e. The number of fused-ring (bicyclic) bond motifs is 1. The number of carbonyl (C=O) groups is 1. The highest BCUT2D eigenvalue weighted by Crippen LogP contribution is 2.36. The van der Waals surface area contributed by atoms with Crippen LogP contribution in [0.15, 0.2) is 54.9 Å². The fourth-order valence-corrected chi connectivity index (χ4v) is 3.02. The molecule has 3 aromatic rings. The van der Waals surface area contributed by atoms with Crippen molar-refractivity contribution in [3.05, 3.63) is 66.0 Å². The molecule has 1 amide bonds. The van der Waals surface area contributed by atoms with E-state index < -0.39 is 6.61 Å². The zero-order valence-electron chi connectivity index (χ0n) is 13.8. The van der Waals surface area contributed by atoms with Gasteiger partial charge >= 0.3 is 6.61 Å². The summed E-state index contributed by atoms with van der Waals surface area (Å²) in [4.78, 5) is 22.6. The predicted molar refractivity (Wildman–Crippen MR) is 92.7 cm³/mol. The minimum absolute atomic E-state index is 0.0657. The van der Waals surface area contributed by atoms with E-state index in [0.29, 0.717) is 28.2 Å². The highest BCUT2D eigenvalue weighted by molar-refractivity contribution is 6.10. The summed E-state index contributed by atoms with van der Waals surface area (Å²) in [5.74, 6) is 0.00514. The number of pyridine rings is 2. The number of phenolic OH excluding ortho intramolecular Hbond substituents is 1. The molecule has 6 nitrogen and oxygen atoms in total. The van der Waals surface area contributed by atoms with Crippen LogP contribution in [0.2, 0.25) is 0 Å². The van der Waals surface area contributed by atoms with Gasteiger partial charge in [-0.05, 0) is 30.3 Å². The third kappa shape index (κ3) is 3.05. The summed E-state index contributed by atoms with van der Waals surface area (Å²) < 4.78 is 28.8. The minimum atomic E-state index is -2.94. The van der Waals surface area contributed by atoms with Gasteiger partial charge in [-0.2, -0.15) is 8.78 Å². The Morgan fingerprint density at radius 3 is 2.59 bits per heavy atom. The number of nitrogens with zero attached hydrogens (tertiary/aromatic N) is 3. The van der Waals surface area contributed by atoms with Gasteiger partial charge in [0.15, 0.2) is 0 Å². The molecular formula is C19H13F2N3O3. The zero-order chi connectivity index (χ0) is 19.0. The number of carbonyl (C=O) groups excluding carboxylic acids is 1. The number of ether oxygens (including phenoxy) is 1. The fraction of sp³-hybridized carbons (Fsp3) is 0.105. The van der Waals surface area contributed by atoms with Gasteiger partial charge in [0.25, 0.3) is 5.91 Å². The lowest BCUT2D eigenvalue weighted by Crippen LogP contribution is -2.23. The third-order valence-corrected chi connectivity index (χ3v) is 4.23. The Morgan fingerprint density at radius 2 is 1.89 bits per heavy atom. The highest BCUT2D eigenvalue weighted by Gasteiger charge is 2.32. The molecule has 3 heterocycles. The summed E-state index contributed by atoms with van der Waals surface area (Å²) in [6.45, 7) is -2.74. The van der Waals surface area contributed by atoms with E-state index in [2.05, 4.69) is 14.7 Å². The fourth-order valence-electron chi connectivity index (χ4n) is 3.02. The van der Waals surface area contributed by atoms with E-state index in [9.17, 15) is 18.7 Å². The standard InChI is InChI=1S/C19H13F2N3O3/c20-19(21)27-11-5-6-16(23-9-11)24-10-14-12(18(24)26)7-8-22-17(14)13-3-1-2-4-15(13)25/h1-9,19,25H,10H2. The lowest BCUT2D eigenvalue weighted by Gasteiger charge is -2.15. The van der Waals surface area contributed by atoms with E-state index in [1.165, 1.54) is 23.2 Å². The number of hydrogen-bond donors (Lipinski definition) is 1. The summed E-state index contributed by atoms with van der Waals surface area (Å²) in [5, 5.41) is 10.1. The molecule has 0 aliphatic carbocycles. The van der Waals surface area contributed by atoms with Gasteiger partial charge in [-0.3, -0.25) is 14.7 Å². The van der Waals surface area contributed by atoms with Gasteiger partial charge in [-0.1, -0.05) is 12.1 Å². The Bertz CT molecular complexity index is 1010. The van der Waals surface area contributed by atoms with Crippen molar-refractivity contribution in [1.82, 2.24) is 9.97 Å². The molecule has 0 unspecified atom stereocenters. The molecule has 0 atom stereocenters. The molecule has 0 saturated heterocycles. The van der Waals surface area contributed by atoms with Crippen LogP contribution in [-0.2, 0) is 6.54 Å². The van der Waals surface area contributed by atoms with E-state index >= 15 is 0 Å². The lowest BCUT2D eigenvalue weighted by atomic mass is 10.0. The normalized spacial score (nSPS) is 13.1. The maximum atomic E-state index is 12.8. The summed E-state index contributed by atoms with van der Waals surface area (Å²) in [5.41, 5.74) is 2.16. The monoisotopic (exact) mass is 369 g/mol. The first-order valence-corrected chi connectivity index (χ1v) is 8.03. The van der Waals surface area contributed by atoms with E-state index in [-0.39, 0.29) is 24.0 Å². The molecule has 4 rings (SSSR count). The molecule has 0 saturated carbocycles. The summed E-state index contributed by atoms with van der Waals surface area (Å²) in [6.07, 6.45) is 2.65. The Morgan fingerprint density at radius 1 is 1.07 bits per heavy atom. The van der Waals surface area contributed by atoms with Crippen LogP contribution in [0, 0.1) is 0 Å². The van der Waals surface area contributed by atoms with Crippen LogP contribution in [0.25, 0.3) is 11.3 Å². The molecule has 0 fully saturated rings. The molecule has 1 N–H and O–H groups in total. The number of aromatic hydroxyl groups is 1. The number of amides is 1. The summed E-state index contributed by atoms with van der Waals surface area (Å²) >= 11 is 0. The minimum Gasteiger partial charge on any atom is -0.507 e. The number of rotatable bonds is 4. The van der Waals surface area contributed by atoms with Gasteiger partial charge in [0.2, 0.25) is 0 Å². The number of alkyl halides is 2. The molecule has 1 aliphatic rings. The molecular weight excluding hydrogens is 356 g/mol. The second-order valence-corrected chi connectivity index (χ2v) is 5.82. The van der Waals surface area contributed by atoms with Crippen molar-refractivity contribution < 1.29 is 23.4 Å². The van der Waals surface area contributed by atoms with Gasteiger partial charge < -0.3 is 9.84 Å². The number of benzene rings is 1. The number of hydrogen-bond acceptors (Lipinski definition) is 5. The Balaban J connectivity index is 1.68. The van der Waals surface area contributed by atoms with Gasteiger partial charge in [-0.25, -0.2) is 4.98 Å². The first kappa shape index (κ1) is 16.9. The Kier molecular flexibility index (Phi) is 4.15. The van der Waals surface area contributed by atoms with Crippen LogP contribution in [-0.4, -0.2) is 27.6 Å². The average Bonchev–Trinajstić information content (AvgIpc) is 2.99. The second kappa shape index (κ2) is 6.64. The van der Waals surface area contributed by atoms with Crippen molar-refractivity contribution in [1.29, 1.82) is 0 Å². The SMILES string of the molecule is O=C1c2ccnc(-c3ccccc3O)c2CN1c1ccc(OC(F)F)cn1. The van der Waals surface area contributed by atoms with Gasteiger partial charge in [0, 0.05) is 22.9 Å².